The molecule has 0 unspecified atom stereocenters. The average Bonchev–Trinajstić information content (AvgIpc) is 2.48. The highest BCUT2D eigenvalue weighted by atomic mass is 79.9. The van der Waals surface area contributed by atoms with E-state index >= 15 is 0 Å². The number of ether oxygens (including phenoxy) is 1. The van der Waals surface area contributed by atoms with Crippen LogP contribution in [0, 0.1) is 5.41 Å². The number of hydrogen-bond donors (Lipinski definition) is 2. The first-order valence-electron chi connectivity index (χ1n) is 8.35. The fourth-order valence-electron chi connectivity index (χ4n) is 2.11. The van der Waals surface area contributed by atoms with E-state index in [0.717, 1.165) is 4.47 Å². The summed E-state index contributed by atoms with van der Waals surface area (Å²) >= 11 is 3.31. The van der Waals surface area contributed by atoms with Gasteiger partial charge in [-0.3, -0.25) is 9.59 Å². The van der Waals surface area contributed by atoms with Crippen LogP contribution in [0.5, 0.6) is 0 Å². The molecule has 0 radical (unpaired) electrons. The summed E-state index contributed by atoms with van der Waals surface area (Å²) in [5.41, 5.74) is -0.719. The van der Waals surface area contributed by atoms with Gasteiger partial charge < -0.3 is 15.4 Å². The van der Waals surface area contributed by atoms with Crippen molar-refractivity contribution in [3.8, 4) is 0 Å². The zero-order chi connectivity index (χ0) is 20.1. The minimum Gasteiger partial charge on any atom is -0.444 e. The highest BCUT2D eigenvalue weighted by Crippen LogP contribution is 2.20. The molecule has 0 aliphatic carbocycles. The minimum atomic E-state index is -0.838. The van der Waals surface area contributed by atoms with Crippen LogP contribution in [0.3, 0.4) is 0 Å². The molecule has 2 N–H and O–H groups in total. The molecule has 7 heteroatoms. The number of hydrogen-bond acceptors (Lipinski definition) is 4. The lowest BCUT2D eigenvalue weighted by Gasteiger charge is -2.31. The minimum absolute atomic E-state index is 0.150. The number of carbonyl (C=O) groups excluding carboxylic acids is 3. The highest BCUT2D eigenvalue weighted by molar-refractivity contribution is 9.10. The molecule has 144 valence electrons. The number of nitrogens with one attached hydrogen (secondary N) is 2. The zero-order valence-electron chi connectivity index (χ0n) is 16.1. The fourth-order valence-corrected chi connectivity index (χ4v) is 2.37. The second-order valence-electron chi connectivity index (χ2n) is 8.09. The number of amides is 2. The van der Waals surface area contributed by atoms with Crippen LogP contribution >= 0.6 is 15.9 Å². The maximum Gasteiger partial charge on any atom is 0.408 e. The van der Waals surface area contributed by atoms with Crippen LogP contribution in [-0.4, -0.2) is 36.0 Å². The predicted octanol–water partition coefficient (Wildman–Crippen LogP) is 3.69. The van der Waals surface area contributed by atoms with E-state index in [-0.39, 0.29) is 12.3 Å². The van der Waals surface area contributed by atoms with Crippen LogP contribution < -0.4 is 10.6 Å². The number of benzene rings is 1. The topological polar surface area (TPSA) is 84.5 Å². The summed E-state index contributed by atoms with van der Waals surface area (Å²) < 4.78 is 6.09. The predicted molar refractivity (Wildman–Crippen MR) is 104 cm³/mol. The molecule has 0 fully saturated rings. The van der Waals surface area contributed by atoms with Crippen LogP contribution in [0.25, 0.3) is 0 Å². The molecular weight excluding hydrogens is 400 g/mol. The molecule has 1 rings (SSSR count). The van der Waals surface area contributed by atoms with E-state index in [4.69, 9.17) is 4.74 Å². The smallest absolute Gasteiger partial charge is 0.408 e. The van der Waals surface area contributed by atoms with Crippen molar-refractivity contribution in [1.29, 1.82) is 0 Å². The van der Waals surface area contributed by atoms with Crippen molar-refractivity contribution in [3.63, 3.8) is 0 Å². The third kappa shape index (κ3) is 7.56. The Morgan fingerprint density at radius 1 is 1.04 bits per heavy atom. The zero-order valence-corrected chi connectivity index (χ0v) is 17.7. The number of alkyl carbamates (subject to hydrolysis) is 1. The van der Waals surface area contributed by atoms with E-state index in [1.165, 1.54) is 0 Å². The molecule has 0 aliphatic rings. The monoisotopic (exact) mass is 426 g/mol. The van der Waals surface area contributed by atoms with Gasteiger partial charge in [0.15, 0.2) is 5.78 Å². The Morgan fingerprint density at radius 3 is 2.04 bits per heavy atom. The maximum absolute atomic E-state index is 12.5. The lowest BCUT2D eigenvalue weighted by atomic mass is 9.86. The van der Waals surface area contributed by atoms with Crippen molar-refractivity contribution in [1.82, 2.24) is 10.6 Å². The van der Waals surface area contributed by atoms with Gasteiger partial charge in [0.05, 0.1) is 6.54 Å². The Kier molecular flexibility index (Phi) is 7.38. The Hall–Kier alpha value is -1.89. The van der Waals surface area contributed by atoms with Gasteiger partial charge in [-0.05, 0) is 38.3 Å². The third-order valence-electron chi connectivity index (χ3n) is 3.38. The van der Waals surface area contributed by atoms with Gasteiger partial charge in [0.25, 0.3) is 0 Å². The summed E-state index contributed by atoms with van der Waals surface area (Å²) in [5, 5.41) is 5.19. The van der Waals surface area contributed by atoms with Crippen LogP contribution in [0.15, 0.2) is 28.7 Å². The lowest BCUT2D eigenvalue weighted by Crippen LogP contribution is -2.55. The van der Waals surface area contributed by atoms with Crippen molar-refractivity contribution >= 4 is 33.7 Å². The van der Waals surface area contributed by atoms with Crippen molar-refractivity contribution in [2.45, 2.75) is 53.2 Å². The molecular formula is C19H27BrN2O4. The van der Waals surface area contributed by atoms with E-state index in [9.17, 15) is 14.4 Å². The number of rotatable bonds is 5. The summed E-state index contributed by atoms with van der Waals surface area (Å²) in [5.74, 6) is -0.649. The van der Waals surface area contributed by atoms with E-state index < -0.39 is 29.1 Å². The van der Waals surface area contributed by atoms with Crippen molar-refractivity contribution in [3.05, 3.63) is 34.3 Å². The number of Topliss-reactive ketones (excluding diaryl/α,β-unsaturated/α-hetero) is 1. The second-order valence-corrected chi connectivity index (χ2v) is 9.01. The van der Waals surface area contributed by atoms with Gasteiger partial charge in [0, 0.05) is 10.0 Å². The van der Waals surface area contributed by atoms with Crippen LogP contribution in [-0.2, 0) is 9.53 Å². The van der Waals surface area contributed by atoms with Gasteiger partial charge in [0.1, 0.15) is 11.6 Å². The number of halogens is 1. The standard InChI is InChI=1S/C19H27BrN2O4/c1-18(2,3)15(22-17(25)26-19(4,5)6)16(24)21-11-14(23)12-7-9-13(20)10-8-12/h7-10,15H,11H2,1-6H3,(H,21,24)(H,22,25)/t15-/m1/s1. The van der Waals surface area contributed by atoms with Crippen molar-refractivity contribution < 1.29 is 19.1 Å². The van der Waals surface area contributed by atoms with E-state index in [1.807, 2.05) is 20.8 Å². The van der Waals surface area contributed by atoms with E-state index in [1.54, 1.807) is 45.0 Å². The first-order chi connectivity index (χ1) is 11.8. The molecule has 0 aliphatic heterocycles. The van der Waals surface area contributed by atoms with Crippen molar-refractivity contribution in [2.75, 3.05) is 6.54 Å². The molecule has 0 bridgehead atoms. The molecule has 1 aromatic rings. The average molecular weight is 427 g/mol. The first kappa shape index (κ1) is 22.2. The molecule has 26 heavy (non-hydrogen) atoms. The molecule has 0 spiro atoms. The van der Waals surface area contributed by atoms with Crippen molar-refractivity contribution in [2.24, 2.45) is 5.41 Å². The quantitative estimate of drug-likeness (QED) is 0.702. The Morgan fingerprint density at radius 2 is 1.58 bits per heavy atom. The van der Waals surface area contributed by atoms with Crippen LogP contribution in [0.2, 0.25) is 0 Å². The Bertz CT molecular complexity index is 658. The van der Waals surface area contributed by atoms with E-state index in [0.29, 0.717) is 5.56 Å². The number of carbonyl (C=O) groups is 3. The summed E-state index contributed by atoms with van der Waals surface area (Å²) in [6.07, 6.45) is -0.674. The largest absolute Gasteiger partial charge is 0.444 e. The highest BCUT2D eigenvalue weighted by Gasteiger charge is 2.34. The first-order valence-corrected chi connectivity index (χ1v) is 9.15. The SMILES string of the molecule is CC(C)(C)OC(=O)N[C@H](C(=O)NCC(=O)c1ccc(Br)cc1)C(C)(C)C. The fraction of sp³-hybridized carbons (Fsp3) is 0.526. The molecule has 0 aromatic heterocycles. The molecule has 0 heterocycles. The second kappa shape index (κ2) is 8.66. The summed E-state index contributed by atoms with van der Waals surface area (Å²) in [4.78, 5) is 36.8. The van der Waals surface area contributed by atoms with Gasteiger partial charge in [-0.1, -0.05) is 48.8 Å². The summed E-state index contributed by atoms with van der Waals surface area (Å²) in [6.45, 7) is 10.6. The van der Waals surface area contributed by atoms with Crippen LogP contribution in [0.1, 0.15) is 51.9 Å². The van der Waals surface area contributed by atoms with Gasteiger partial charge >= 0.3 is 6.09 Å². The van der Waals surface area contributed by atoms with Gasteiger partial charge in [-0.2, -0.15) is 0 Å². The molecule has 2 amide bonds. The normalized spacial score (nSPS) is 12.9. The maximum atomic E-state index is 12.5. The van der Waals surface area contributed by atoms with Gasteiger partial charge in [-0.25, -0.2) is 4.79 Å². The summed E-state index contributed by atoms with van der Waals surface area (Å²) in [6, 6.07) is 6.04. The van der Waals surface area contributed by atoms with Gasteiger partial charge in [0.2, 0.25) is 5.91 Å². The number of ketones is 1. The van der Waals surface area contributed by atoms with E-state index in [2.05, 4.69) is 26.6 Å². The molecule has 1 aromatic carbocycles. The Balaban J connectivity index is 2.73. The molecule has 0 saturated heterocycles. The molecule has 0 saturated carbocycles. The third-order valence-corrected chi connectivity index (χ3v) is 3.91. The lowest BCUT2D eigenvalue weighted by molar-refractivity contribution is -0.125. The van der Waals surface area contributed by atoms with Gasteiger partial charge in [-0.15, -0.1) is 0 Å². The molecule has 6 nitrogen and oxygen atoms in total. The summed E-state index contributed by atoms with van der Waals surface area (Å²) in [7, 11) is 0. The molecule has 1 atom stereocenters. The van der Waals surface area contributed by atoms with Crippen LogP contribution in [0.4, 0.5) is 4.79 Å². The Labute approximate surface area is 163 Å².